The maximum Gasteiger partial charge on any atom is 0.157 e. The van der Waals surface area contributed by atoms with E-state index in [1.54, 1.807) is 6.08 Å². The lowest BCUT2D eigenvalue weighted by Gasteiger charge is -2.53. The van der Waals surface area contributed by atoms with Crippen molar-refractivity contribution in [3.8, 4) is 0 Å². The fraction of sp³-hybridized carbons (Fsp3) is 0.905. The highest BCUT2D eigenvalue weighted by Gasteiger charge is 2.49. The molecular formula is C21H34O2. The van der Waals surface area contributed by atoms with Crippen molar-refractivity contribution in [2.75, 3.05) is 6.61 Å². The summed E-state index contributed by atoms with van der Waals surface area (Å²) in [6, 6.07) is 0. The standard InChI is InChI=1S/C21H34O2/c1-2-12-23-21(22)16-8-9-18-15(13-16)7-11-19-17-5-3-4-14(17)6-10-20(18)19/h2,14-22H,1,3-13H2/t14-,15?,16?,17+,18-,19-,20+,21?/m0/s1. The van der Waals surface area contributed by atoms with Crippen LogP contribution in [0.15, 0.2) is 12.7 Å². The van der Waals surface area contributed by atoms with Crippen molar-refractivity contribution >= 4 is 0 Å². The summed E-state index contributed by atoms with van der Waals surface area (Å²) in [6.07, 6.45) is 15.3. The van der Waals surface area contributed by atoms with E-state index in [0.717, 1.165) is 41.9 Å². The third kappa shape index (κ3) is 3.02. The van der Waals surface area contributed by atoms with Crippen LogP contribution in [0.1, 0.15) is 64.2 Å². The number of rotatable bonds is 4. The van der Waals surface area contributed by atoms with Crippen molar-refractivity contribution in [2.45, 2.75) is 70.5 Å². The number of fused-ring (bicyclic) bond motifs is 5. The lowest BCUT2D eigenvalue weighted by Crippen LogP contribution is -2.45. The van der Waals surface area contributed by atoms with Crippen molar-refractivity contribution in [1.82, 2.24) is 0 Å². The summed E-state index contributed by atoms with van der Waals surface area (Å²) in [5.74, 6) is 6.40. The van der Waals surface area contributed by atoms with Gasteiger partial charge in [0.25, 0.3) is 0 Å². The van der Waals surface area contributed by atoms with Crippen molar-refractivity contribution in [3.05, 3.63) is 12.7 Å². The van der Waals surface area contributed by atoms with E-state index < -0.39 is 6.29 Å². The molecule has 2 nitrogen and oxygen atoms in total. The van der Waals surface area contributed by atoms with Gasteiger partial charge in [0.2, 0.25) is 0 Å². The summed E-state index contributed by atoms with van der Waals surface area (Å²) in [5, 5.41) is 10.3. The van der Waals surface area contributed by atoms with Crippen LogP contribution in [0.5, 0.6) is 0 Å². The highest BCUT2D eigenvalue weighted by molar-refractivity contribution is 4.99. The fourth-order valence-electron chi connectivity index (χ4n) is 7.07. The number of aliphatic hydroxyl groups excluding tert-OH is 1. The Morgan fingerprint density at radius 2 is 1.57 bits per heavy atom. The zero-order chi connectivity index (χ0) is 15.8. The third-order valence-corrected chi connectivity index (χ3v) is 7.98. The van der Waals surface area contributed by atoms with E-state index in [2.05, 4.69) is 6.58 Å². The van der Waals surface area contributed by atoms with E-state index in [-0.39, 0.29) is 0 Å². The molecule has 0 bridgehead atoms. The van der Waals surface area contributed by atoms with E-state index in [9.17, 15) is 5.11 Å². The summed E-state index contributed by atoms with van der Waals surface area (Å²) < 4.78 is 5.51. The molecule has 0 heterocycles. The Balaban J connectivity index is 1.39. The van der Waals surface area contributed by atoms with Gasteiger partial charge in [-0.3, -0.25) is 0 Å². The molecule has 0 spiro atoms. The first-order chi connectivity index (χ1) is 11.3. The summed E-state index contributed by atoms with van der Waals surface area (Å²) in [4.78, 5) is 0. The Morgan fingerprint density at radius 3 is 2.35 bits per heavy atom. The predicted molar refractivity (Wildman–Crippen MR) is 92.8 cm³/mol. The molecule has 0 aromatic rings. The van der Waals surface area contributed by atoms with Crippen LogP contribution in [0, 0.1) is 41.4 Å². The summed E-state index contributed by atoms with van der Waals surface area (Å²) >= 11 is 0. The summed E-state index contributed by atoms with van der Waals surface area (Å²) in [6.45, 7) is 4.15. The van der Waals surface area contributed by atoms with Gasteiger partial charge in [0, 0.05) is 5.92 Å². The predicted octanol–water partition coefficient (Wildman–Crippen LogP) is 4.78. The van der Waals surface area contributed by atoms with Gasteiger partial charge in [-0.05, 0) is 86.9 Å². The Morgan fingerprint density at radius 1 is 0.870 bits per heavy atom. The molecule has 0 radical (unpaired) electrons. The van der Waals surface area contributed by atoms with Crippen LogP contribution < -0.4 is 0 Å². The molecule has 0 aromatic heterocycles. The first kappa shape index (κ1) is 16.1. The van der Waals surface area contributed by atoms with E-state index >= 15 is 0 Å². The molecule has 0 aliphatic heterocycles. The average molecular weight is 319 g/mol. The Hall–Kier alpha value is -0.340. The highest BCUT2D eigenvalue weighted by Crippen LogP contribution is 2.58. The normalized spacial score (nSPS) is 47.3. The monoisotopic (exact) mass is 318 g/mol. The second-order valence-corrected chi connectivity index (χ2v) is 8.85. The largest absolute Gasteiger partial charge is 0.368 e. The van der Waals surface area contributed by atoms with Gasteiger partial charge >= 0.3 is 0 Å². The minimum absolute atomic E-state index is 0.357. The van der Waals surface area contributed by atoms with E-state index in [1.807, 2.05) is 0 Å². The molecule has 3 unspecified atom stereocenters. The maximum atomic E-state index is 10.3. The highest BCUT2D eigenvalue weighted by atomic mass is 16.6. The molecule has 8 atom stereocenters. The molecule has 2 heteroatoms. The van der Waals surface area contributed by atoms with Crippen LogP contribution in [0.4, 0.5) is 0 Å². The number of aliphatic hydroxyl groups is 1. The summed E-state index contributed by atoms with van der Waals surface area (Å²) in [5.41, 5.74) is 0. The molecule has 1 N–H and O–H groups in total. The fourth-order valence-corrected chi connectivity index (χ4v) is 7.07. The smallest absolute Gasteiger partial charge is 0.157 e. The van der Waals surface area contributed by atoms with Crippen molar-refractivity contribution in [1.29, 1.82) is 0 Å². The topological polar surface area (TPSA) is 29.5 Å². The Kier molecular flexibility index (Phi) is 4.83. The van der Waals surface area contributed by atoms with Crippen molar-refractivity contribution in [3.63, 3.8) is 0 Å². The second-order valence-electron chi connectivity index (χ2n) is 8.85. The molecule has 0 aromatic carbocycles. The lowest BCUT2D eigenvalue weighted by molar-refractivity contribution is -0.148. The SMILES string of the molecule is C=CCOC(O)C1CC[C@H]2C(CC[C@H]3[C@@H]4CCC[C@H]4CC[C@@H]32)C1. The molecule has 0 amide bonds. The van der Waals surface area contributed by atoms with Crippen molar-refractivity contribution < 1.29 is 9.84 Å². The van der Waals surface area contributed by atoms with Crippen LogP contribution >= 0.6 is 0 Å². The minimum Gasteiger partial charge on any atom is -0.368 e. The van der Waals surface area contributed by atoms with Gasteiger partial charge in [0.15, 0.2) is 6.29 Å². The van der Waals surface area contributed by atoms with Crippen LogP contribution in [0.25, 0.3) is 0 Å². The van der Waals surface area contributed by atoms with Gasteiger partial charge in [-0.15, -0.1) is 6.58 Å². The zero-order valence-corrected chi connectivity index (χ0v) is 14.5. The summed E-state index contributed by atoms with van der Waals surface area (Å²) in [7, 11) is 0. The van der Waals surface area contributed by atoms with Gasteiger partial charge in [-0.25, -0.2) is 0 Å². The molecule has 4 saturated carbocycles. The minimum atomic E-state index is -0.572. The Labute approximate surface area is 141 Å². The second kappa shape index (κ2) is 6.88. The molecular weight excluding hydrogens is 284 g/mol. The van der Waals surface area contributed by atoms with Crippen LogP contribution in [0.3, 0.4) is 0 Å². The van der Waals surface area contributed by atoms with Gasteiger partial charge in [0.1, 0.15) is 0 Å². The molecule has 4 aliphatic carbocycles. The van der Waals surface area contributed by atoms with Gasteiger partial charge < -0.3 is 9.84 Å². The van der Waals surface area contributed by atoms with Gasteiger partial charge in [-0.1, -0.05) is 18.9 Å². The molecule has 4 aliphatic rings. The maximum absolute atomic E-state index is 10.3. The molecule has 0 saturated heterocycles. The zero-order valence-electron chi connectivity index (χ0n) is 14.5. The van der Waals surface area contributed by atoms with E-state index in [0.29, 0.717) is 12.5 Å². The lowest BCUT2D eigenvalue weighted by atomic mass is 9.53. The molecule has 4 rings (SSSR count). The van der Waals surface area contributed by atoms with E-state index in [4.69, 9.17) is 4.74 Å². The number of hydrogen-bond donors (Lipinski definition) is 1. The Bertz CT molecular complexity index is 420. The number of ether oxygens (including phenoxy) is 1. The van der Waals surface area contributed by atoms with Crippen molar-refractivity contribution in [2.24, 2.45) is 41.4 Å². The van der Waals surface area contributed by atoms with Crippen LogP contribution in [0.2, 0.25) is 0 Å². The van der Waals surface area contributed by atoms with Gasteiger partial charge in [-0.2, -0.15) is 0 Å². The quantitative estimate of drug-likeness (QED) is 0.597. The van der Waals surface area contributed by atoms with E-state index in [1.165, 1.54) is 57.8 Å². The first-order valence-corrected chi connectivity index (χ1v) is 10.2. The molecule has 23 heavy (non-hydrogen) atoms. The van der Waals surface area contributed by atoms with Crippen LogP contribution in [-0.4, -0.2) is 18.0 Å². The van der Waals surface area contributed by atoms with Crippen LogP contribution in [-0.2, 0) is 4.74 Å². The third-order valence-electron chi connectivity index (χ3n) is 7.98. The average Bonchev–Trinajstić information content (AvgIpc) is 3.07. The number of hydrogen-bond acceptors (Lipinski definition) is 2. The first-order valence-electron chi connectivity index (χ1n) is 10.2. The molecule has 130 valence electrons. The van der Waals surface area contributed by atoms with Gasteiger partial charge in [0.05, 0.1) is 6.61 Å². The molecule has 4 fully saturated rings.